The van der Waals surface area contributed by atoms with Gasteiger partial charge in [0.2, 0.25) is 0 Å². The maximum atomic E-state index is 12.1. The van der Waals surface area contributed by atoms with Gasteiger partial charge in [-0.1, -0.05) is 29.8 Å². The van der Waals surface area contributed by atoms with Gasteiger partial charge < -0.3 is 10.1 Å². The minimum absolute atomic E-state index is 0.100. The molecule has 0 bridgehead atoms. The molecule has 5 heteroatoms. The largest absolute Gasteiger partial charge is 0.381 e. The van der Waals surface area contributed by atoms with E-state index in [9.17, 15) is 4.79 Å². The Hall–Kier alpha value is -1.72. The van der Waals surface area contributed by atoms with E-state index in [2.05, 4.69) is 29.4 Å². The molecule has 1 fully saturated rings. The Morgan fingerprint density at radius 1 is 1.43 bits per heavy atom. The summed E-state index contributed by atoms with van der Waals surface area (Å²) in [6.45, 7) is 4.26. The van der Waals surface area contributed by atoms with E-state index in [-0.39, 0.29) is 5.91 Å². The Morgan fingerprint density at radius 2 is 2.24 bits per heavy atom. The molecule has 4 nitrogen and oxygen atoms in total. The van der Waals surface area contributed by atoms with Crippen LogP contribution in [0.4, 0.5) is 0 Å². The summed E-state index contributed by atoms with van der Waals surface area (Å²) in [4.78, 5) is 16.5. The molecular formula is C16H18N2O2S. The molecule has 1 aliphatic heterocycles. The van der Waals surface area contributed by atoms with Gasteiger partial charge in [0.25, 0.3) is 5.91 Å². The number of aromatic nitrogens is 1. The maximum Gasteiger partial charge on any atom is 0.270 e. The number of aryl methyl sites for hydroxylation is 1. The van der Waals surface area contributed by atoms with Gasteiger partial charge in [-0.15, -0.1) is 11.3 Å². The third-order valence-corrected chi connectivity index (χ3v) is 4.50. The summed E-state index contributed by atoms with van der Waals surface area (Å²) in [6, 6.07) is 8.17. The zero-order valence-electron chi connectivity index (χ0n) is 12.0. The number of nitrogens with one attached hydrogen (secondary N) is 1. The summed E-state index contributed by atoms with van der Waals surface area (Å²) in [5.41, 5.74) is 2.76. The van der Waals surface area contributed by atoms with Gasteiger partial charge in [0.05, 0.1) is 6.61 Å². The monoisotopic (exact) mass is 302 g/mol. The molecule has 2 aromatic rings. The summed E-state index contributed by atoms with van der Waals surface area (Å²) >= 11 is 1.50. The number of ether oxygens (including phenoxy) is 1. The Morgan fingerprint density at radius 3 is 2.95 bits per heavy atom. The molecule has 2 heterocycles. The summed E-state index contributed by atoms with van der Waals surface area (Å²) in [5, 5.41) is 5.63. The van der Waals surface area contributed by atoms with Gasteiger partial charge in [-0.05, 0) is 13.3 Å². The molecule has 0 radical (unpaired) electrons. The maximum absolute atomic E-state index is 12.1. The number of thiazole rings is 1. The molecule has 1 amide bonds. The SMILES string of the molecule is Cc1ccc(-c2nc(C(=O)NC[C@@H]3CCOC3)cs2)cc1. The third kappa shape index (κ3) is 3.49. The lowest BCUT2D eigenvalue weighted by molar-refractivity contribution is 0.0941. The highest BCUT2D eigenvalue weighted by Gasteiger charge is 2.18. The van der Waals surface area contributed by atoms with Crippen LogP contribution in [-0.4, -0.2) is 30.6 Å². The molecule has 1 aliphatic rings. The second-order valence-corrected chi connectivity index (χ2v) is 6.20. The molecule has 1 aromatic heterocycles. The predicted molar refractivity (Wildman–Crippen MR) is 83.5 cm³/mol. The highest BCUT2D eigenvalue weighted by atomic mass is 32.1. The topological polar surface area (TPSA) is 51.2 Å². The molecule has 3 rings (SSSR count). The lowest BCUT2D eigenvalue weighted by atomic mass is 10.1. The Labute approximate surface area is 128 Å². The highest BCUT2D eigenvalue weighted by Crippen LogP contribution is 2.24. The molecule has 0 saturated carbocycles. The molecular weight excluding hydrogens is 284 g/mol. The van der Waals surface area contributed by atoms with Crippen molar-refractivity contribution in [2.75, 3.05) is 19.8 Å². The molecule has 1 atom stereocenters. The first-order valence-electron chi connectivity index (χ1n) is 7.11. The van der Waals surface area contributed by atoms with Crippen LogP contribution in [-0.2, 0) is 4.74 Å². The standard InChI is InChI=1S/C16H18N2O2S/c1-11-2-4-13(5-3-11)16-18-14(10-21-16)15(19)17-8-12-6-7-20-9-12/h2-5,10,12H,6-9H2,1H3,(H,17,19)/t12-/m0/s1. The van der Waals surface area contributed by atoms with E-state index in [1.165, 1.54) is 16.9 Å². The van der Waals surface area contributed by atoms with E-state index in [0.717, 1.165) is 30.2 Å². The fourth-order valence-electron chi connectivity index (χ4n) is 2.28. The number of nitrogens with zero attached hydrogens (tertiary/aromatic N) is 1. The van der Waals surface area contributed by atoms with E-state index in [1.807, 2.05) is 17.5 Å². The van der Waals surface area contributed by atoms with Gasteiger partial charge >= 0.3 is 0 Å². The zero-order chi connectivity index (χ0) is 14.7. The quantitative estimate of drug-likeness (QED) is 0.945. The number of rotatable bonds is 4. The first-order valence-corrected chi connectivity index (χ1v) is 7.99. The van der Waals surface area contributed by atoms with Crippen molar-refractivity contribution in [3.63, 3.8) is 0 Å². The van der Waals surface area contributed by atoms with Crippen LogP contribution in [0.1, 0.15) is 22.5 Å². The second-order valence-electron chi connectivity index (χ2n) is 5.34. The Kier molecular flexibility index (Phi) is 4.31. The second kappa shape index (κ2) is 6.37. The minimum atomic E-state index is -0.100. The molecule has 110 valence electrons. The van der Waals surface area contributed by atoms with E-state index in [0.29, 0.717) is 18.2 Å². The zero-order valence-corrected chi connectivity index (χ0v) is 12.8. The number of hydrogen-bond acceptors (Lipinski definition) is 4. The van der Waals surface area contributed by atoms with Crippen LogP contribution >= 0.6 is 11.3 Å². The summed E-state index contributed by atoms with van der Waals surface area (Å²) in [5.74, 6) is 0.334. The van der Waals surface area contributed by atoms with Gasteiger partial charge in [0.15, 0.2) is 0 Å². The highest BCUT2D eigenvalue weighted by molar-refractivity contribution is 7.13. The van der Waals surface area contributed by atoms with Crippen LogP contribution in [0.2, 0.25) is 0 Å². The molecule has 0 spiro atoms. The van der Waals surface area contributed by atoms with Crippen LogP contribution in [0.3, 0.4) is 0 Å². The Bertz CT molecular complexity index is 615. The number of carbonyl (C=O) groups excluding carboxylic acids is 1. The van der Waals surface area contributed by atoms with Crippen LogP contribution < -0.4 is 5.32 Å². The third-order valence-electron chi connectivity index (χ3n) is 3.61. The number of benzene rings is 1. The van der Waals surface area contributed by atoms with Crippen LogP contribution in [0.25, 0.3) is 10.6 Å². The minimum Gasteiger partial charge on any atom is -0.381 e. The fraction of sp³-hybridized carbons (Fsp3) is 0.375. The van der Waals surface area contributed by atoms with E-state index < -0.39 is 0 Å². The molecule has 1 aromatic carbocycles. The van der Waals surface area contributed by atoms with Crippen molar-refractivity contribution in [3.8, 4) is 10.6 Å². The Balaban J connectivity index is 1.63. The first kappa shape index (κ1) is 14.2. The van der Waals surface area contributed by atoms with Gasteiger partial charge in [0, 0.05) is 30.0 Å². The van der Waals surface area contributed by atoms with Crippen molar-refractivity contribution in [1.82, 2.24) is 10.3 Å². The van der Waals surface area contributed by atoms with Gasteiger partial charge in [0.1, 0.15) is 10.7 Å². The molecule has 1 saturated heterocycles. The average Bonchev–Trinajstić information content (AvgIpc) is 3.17. The summed E-state index contributed by atoms with van der Waals surface area (Å²) < 4.78 is 5.30. The van der Waals surface area contributed by atoms with Gasteiger partial charge in [-0.25, -0.2) is 4.98 Å². The van der Waals surface area contributed by atoms with Crippen molar-refractivity contribution >= 4 is 17.2 Å². The van der Waals surface area contributed by atoms with E-state index in [4.69, 9.17) is 4.74 Å². The van der Waals surface area contributed by atoms with E-state index in [1.54, 1.807) is 0 Å². The lowest BCUT2D eigenvalue weighted by Crippen LogP contribution is -2.29. The van der Waals surface area contributed by atoms with Crippen LogP contribution in [0.5, 0.6) is 0 Å². The van der Waals surface area contributed by atoms with E-state index >= 15 is 0 Å². The number of hydrogen-bond donors (Lipinski definition) is 1. The average molecular weight is 302 g/mol. The lowest BCUT2D eigenvalue weighted by Gasteiger charge is -2.07. The van der Waals surface area contributed by atoms with Crippen LogP contribution in [0.15, 0.2) is 29.6 Å². The van der Waals surface area contributed by atoms with Crippen molar-refractivity contribution in [1.29, 1.82) is 0 Å². The van der Waals surface area contributed by atoms with Crippen LogP contribution in [0, 0.1) is 12.8 Å². The molecule has 0 unspecified atom stereocenters. The smallest absolute Gasteiger partial charge is 0.270 e. The first-order chi connectivity index (χ1) is 10.2. The van der Waals surface area contributed by atoms with Gasteiger partial charge in [-0.3, -0.25) is 4.79 Å². The predicted octanol–water partition coefficient (Wildman–Crippen LogP) is 2.88. The van der Waals surface area contributed by atoms with Crippen molar-refractivity contribution in [2.45, 2.75) is 13.3 Å². The van der Waals surface area contributed by atoms with Gasteiger partial charge in [-0.2, -0.15) is 0 Å². The molecule has 21 heavy (non-hydrogen) atoms. The van der Waals surface area contributed by atoms with Crippen molar-refractivity contribution in [3.05, 3.63) is 40.9 Å². The summed E-state index contributed by atoms with van der Waals surface area (Å²) in [6.07, 6.45) is 1.02. The molecule has 0 aliphatic carbocycles. The van der Waals surface area contributed by atoms with Crippen molar-refractivity contribution in [2.24, 2.45) is 5.92 Å². The number of carbonyl (C=O) groups is 1. The fourth-order valence-corrected chi connectivity index (χ4v) is 3.08. The number of amides is 1. The van der Waals surface area contributed by atoms with Crippen molar-refractivity contribution < 1.29 is 9.53 Å². The molecule has 1 N–H and O–H groups in total. The normalized spacial score (nSPS) is 17.9. The summed E-state index contributed by atoms with van der Waals surface area (Å²) in [7, 11) is 0.